The summed E-state index contributed by atoms with van der Waals surface area (Å²) in [6, 6.07) is 20.7. The molecule has 0 aliphatic rings. The lowest BCUT2D eigenvalue weighted by atomic mass is 10.1. The molecule has 0 unspecified atom stereocenters. The van der Waals surface area contributed by atoms with Gasteiger partial charge in [0.15, 0.2) is 11.5 Å². The Morgan fingerprint density at radius 2 is 1.57 bits per heavy atom. The summed E-state index contributed by atoms with van der Waals surface area (Å²) < 4.78 is 46.0. The van der Waals surface area contributed by atoms with Crippen molar-refractivity contribution in [2.24, 2.45) is 0 Å². The molecule has 2 N–H and O–H groups in total. The van der Waals surface area contributed by atoms with Crippen LogP contribution in [0.5, 0.6) is 0 Å². The molecule has 0 radical (unpaired) electrons. The van der Waals surface area contributed by atoms with E-state index in [2.05, 4.69) is 15.6 Å². The van der Waals surface area contributed by atoms with E-state index >= 15 is 0 Å². The zero-order valence-corrected chi connectivity index (χ0v) is 19.9. The van der Waals surface area contributed by atoms with E-state index in [0.29, 0.717) is 23.2 Å². The first kappa shape index (κ1) is 25.7. The molecule has 0 atom stereocenters. The summed E-state index contributed by atoms with van der Waals surface area (Å²) in [5, 5.41) is 5.33. The second kappa shape index (κ2) is 11.1. The number of amides is 2. The Hall–Kier alpha value is -4.40. The zero-order chi connectivity index (χ0) is 26.4. The van der Waals surface area contributed by atoms with Crippen molar-refractivity contribution < 1.29 is 27.2 Å². The molecule has 0 fully saturated rings. The minimum absolute atomic E-state index is 0.0638. The summed E-state index contributed by atoms with van der Waals surface area (Å²) in [5.41, 5.74) is 0.786. The molecule has 2 amide bonds. The molecule has 4 aromatic rings. The average Bonchev–Trinajstić information content (AvgIpc) is 3.34. The molecule has 0 saturated carbocycles. The maximum absolute atomic E-state index is 13.4. The Balaban J connectivity index is 1.63. The Morgan fingerprint density at radius 3 is 2.24 bits per heavy atom. The largest absolute Gasteiger partial charge is 0.435 e. The van der Waals surface area contributed by atoms with E-state index in [1.54, 1.807) is 48.5 Å². The van der Waals surface area contributed by atoms with E-state index in [4.69, 9.17) is 4.42 Å². The summed E-state index contributed by atoms with van der Waals surface area (Å²) in [6.07, 6.45) is -3.43. The van der Waals surface area contributed by atoms with Crippen molar-refractivity contribution >= 4 is 17.5 Å². The van der Waals surface area contributed by atoms with Crippen molar-refractivity contribution in [2.75, 3.05) is 5.32 Å². The highest BCUT2D eigenvalue weighted by molar-refractivity contribution is 5.98. The fraction of sp³-hybridized carbons (Fsp3) is 0.179. The van der Waals surface area contributed by atoms with Gasteiger partial charge >= 0.3 is 6.18 Å². The first-order chi connectivity index (χ1) is 17.8. The number of benzene rings is 3. The Bertz CT molecular complexity index is 1380. The van der Waals surface area contributed by atoms with E-state index in [9.17, 15) is 22.8 Å². The molecule has 0 saturated heterocycles. The molecular weight excluding hydrogens is 483 g/mol. The van der Waals surface area contributed by atoms with Crippen molar-refractivity contribution in [3.63, 3.8) is 0 Å². The highest BCUT2D eigenvalue weighted by Gasteiger charge is 2.33. The third-order valence-corrected chi connectivity index (χ3v) is 5.53. The summed E-state index contributed by atoms with van der Waals surface area (Å²) >= 11 is 0. The summed E-state index contributed by atoms with van der Waals surface area (Å²) in [6.45, 7) is 1.56. The average molecular weight is 508 g/mol. The van der Waals surface area contributed by atoms with Crippen LogP contribution in [0.1, 0.15) is 41.4 Å². The number of carbonyl (C=O) groups excluding carboxylic acids is 2. The lowest BCUT2D eigenvalue weighted by Gasteiger charge is -2.13. The van der Waals surface area contributed by atoms with Crippen molar-refractivity contribution in [1.82, 2.24) is 10.3 Å². The van der Waals surface area contributed by atoms with Gasteiger partial charge in [-0.25, -0.2) is 4.98 Å². The number of anilines is 1. The summed E-state index contributed by atoms with van der Waals surface area (Å²) in [5.74, 6) is -0.442. The van der Waals surface area contributed by atoms with Gasteiger partial charge in [-0.15, -0.1) is 0 Å². The van der Waals surface area contributed by atoms with Gasteiger partial charge in [0, 0.05) is 29.8 Å². The van der Waals surface area contributed by atoms with E-state index in [0.717, 1.165) is 12.5 Å². The van der Waals surface area contributed by atoms with Gasteiger partial charge in [0.2, 0.25) is 11.8 Å². The first-order valence-corrected chi connectivity index (χ1v) is 11.7. The predicted octanol–water partition coefficient (Wildman–Crippen LogP) is 6.70. The number of alkyl halides is 3. The van der Waals surface area contributed by atoms with Crippen LogP contribution >= 0.6 is 0 Å². The molecule has 6 nitrogen and oxygen atoms in total. The Kier molecular flexibility index (Phi) is 7.71. The zero-order valence-electron chi connectivity index (χ0n) is 19.9. The highest BCUT2D eigenvalue weighted by atomic mass is 19.4. The van der Waals surface area contributed by atoms with Crippen molar-refractivity contribution in [3.05, 3.63) is 95.7 Å². The number of rotatable bonds is 8. The molecule has 1 aromatic heterocycles. The van der Waals surface area contributed by atoms with Gasteiger partial charge in [-0.3, -0.25) is 9.59 Å². The number of nitrogens with one attached hydrogen (secondary N) is 2. The number of halogens is 3. The predicted molar refractivity (Wildman–Crippen MR) is 134 cm³/mol. The van der Waals surface area contributed by atoms with Crippen LogP contribution < -0.4 is 10.6 Å². The van der Waals surface area contributed by atoms with Crippen LogP contribution in [0.3, 0.4) is 0 Å². The number of nitrogens with zero attached hydrogens (tertiary/aromatic N) is 1. The van der Waals surface area contributed by atoms with Gasteiger partial charge in [0.25, 0.3) is 5.91 Å². The maximum Gasteiger partial charge on any atom is 0.416 e. The lowest BCUT2D eigenvalue weighted by molar-refractivity contribution is -0.138. The first-order valence-electron chi connectivity index (χ1n) is 11.7. The molecule has 190 valence electrons. The van der Waals surface area contributed by atoms with E-state index in [-0.39, 0.29) is 35.4 Å². The van der Waals surface area contributed by atoms with Gasteiger partial charge in [0.05, 0.1) is 5.56 Å². The fourth-order valence-corrected chi connectivity index (χ4v) is 3.74. The molecule has 0 bridgehead atoms. The molecule has 0 aliphatic heterocycles. The van der Waals surface area contributed by atoms with E-state index < -0.39 is 17.6 Å². The van der Waals surface area contributed by atoms with Crippen molar-refractivity contribution in [3.8, 4) is 22.8 Å². The van der Waals surface area contributed by atoms with Crippen LogP contribution in [0.25, 0.3) is 22.8 Å². The maximum atomic E-state index is 13.4. The number of hydrogen-bond donors (Lipinski definition) is 2. The topological polar surface area (TPSA) is 84.2 Å². The molecule has 3 aromatic carbocycles. The molecule has 0 aliphatic carbocycles. The quantitative estimate of drug-likeness (QED) is 0.278. The van der Waals surface area contributed by atoms with Crippen LogP contribution in [0.4, 0.5) is 18.9 Å². The van der Waals surface area contributed by atoms with Gasteiger partial charge in [-0.05, 0) is 54.4 Å². The fourth-order valence-electron chi connectivity index (χ4n) is 3.74. The summed E-state index contributed by atoms with van der Waals surface area (Å²) in [7, 11) is 0. The van der Waals surface area contributed by atoms with Gasteiger partial charge < -0.3 is 15.1 Å². The second-order valence-electron chi connectivity index (χ2n) is 8.28. The molecule has 0 spiro atoms. The van der Waals surface area contributed by atoms with Gasteiger partial charge in [-0.1, -0.05) is 43.3 Å². The highest BCUT2D eigenvalue weighted by Crippen LogP contribution is 2.33. The minimum atomic E-state index is -4.55. The normalized spacial score (nSPS) is 11.2. The van der Waals surface area contributed by atoms with Crippen LogP contribution in [0.2, 0.25) is 0 Å². The lowest BCUT2D eigenvalue weighted by Crippen LogP contribution is -2.25. The SMILES string of the molecule is CCCC(=O)Nc1ccc(-c2oc(-c3ccccc3)nc2C(=O)NCc2ccccc2C(F)(F)F)cc1. The monoisotopic (exact) mass is 507 g/mol. The Labute approximate surface area is 211 Å². The molecule has 4 rings (SSSR count). The van der Waals surface area contributed by atoms with Crippen molar-refractivity contribution in [2.45, 2.75) is 32.5 Å². The number of aromatic nitrogens is 1. The smallest absolute Gasteiger partial charge is 0.416 e. The van der Waals surface area contributed by atoms with E-state index in [1.165, 1.54) is 18.2 Å². The van der Waals surface area contributed by atoms with Crippen LogP contribution in [-0.2, 0) is 17.5 Å². The standard InChI is InChI=1S/C28H24F3N3O3/c1-2-8-23(35)33-21-15-13-18(14-16-21)25-24(34-27(37-25)19-9-4-3-5-10-19)26(36)32-17-20-11-6-7-12-22(20)28(29,30)31/h3-7,9-16H,2,8,17H2,1H3,(H,32,36)(H,33,35). The molecular formula is C28H24F3N3O3. The second-order valence-corrected chi connectivity index (χ2v) is 8.28. The van der Waals surface area contributed by atoms with Gasteiger partial charge in [-0.2, -0.15) is 13.2 Å². The third-order valence-electron chi connectivity index (χ3n) is 5.53. The van der Waals surface area contributed by atoms with Crippen LogP contribution in [0.15, 0.2) is 83.3 Å². The third kappa shape index (κ3) is 6.24. The van der Waals surface area contributed by atoms with Crippen LogP contribution in [0, 0.1) is 0 Å². The number of carbonyl (C=O) groups is 2. The van der Waals surface area contributed by atoms with Crippen molar-refractivity contribution in [1.29, 1.82) is 0 Å². The molecule has 9 heteroatoms. The van der Waals surface area contributed by atoms with E-state index in [1.807, 2.05) is 13.0 Å². The minimum Gasteiger partial charge on any atom is -0.435 e. The Morgan fingerprint density at radius 1 is 0.892 bits per heavy atom. The number of oxazole rings is 1. The van der Waals surface area contributed by atoms with Gasteiger partial charge in [0.1, 0.15) is 0 Å². The number of hydrogen-bond acceptors (Lipinski definition) is 4. The summed E-state index contributed by atoms with van der Waals surface area (Å²) in [4.78, 5) is 29.4. The molecule has 1 heterocycles. The van der Waals surface area contributed by atoms with Crippen LogP contribution in [-0.4, -0.2) is 16.8 Å². The molecule has 37 heavy (non-hydrogen) atoms.